The first-order valence-electron chi connectivity index (χ1n) is 4.60. The lowest BCUT2D eigenvalue weighted by molar-refractivity contribution is 0.387. The van der Waals surface area contributed by atoms with Gasteiger partial charge in [-0.3, -0.25) is 0 Å². The van der Waals surface area contributed by atoms with Crippen molar-refractivity contribution in [3.63, 3.8) is 0 Å². The molecule has 2 rings (SSSR count). The first-order valence-corrected chi connectivity index (χ1v) is 4.60. The van der Waals surface area contributed by atoms with Gasteiger partial charge in [-0.15, -0.1) is 0 Å². The predicted octanol–water partition coefficient (Wildman–Crippen LogP) is 2.39. The third kappa shape index (κ3) is 1.63. The molecule has 0 fully saturated rings. The van der Waals surface area contributed by atoms with E-state index in [9.17, 15) is 4.39 Å². The zero-order valence-corrected chi connectivity index (χ0v) is 8.84. The molecule has 0 bridgehead atoms. The van der Waals surface area contributed by atoms with Gasteiger partial charge in [0.2, 0.25) is 0 Å². The van der Waals surface area contributed by atoms with E-state index in [4.69, 9.17) is 4.74 Å². The van der Waals surface area contributed by atoms with Crippen LogP contribution in [0.4, 0.5) is 4.39 Å². The molecule has 2 aromatic rings. The van der Waals surface area contributed by atoms with Crippen molar-refractivity contribution in [2.75, 3.05) is 7.11 Å². The van der Waals surface area contributed by atoms with E-state index in [-0.39, 0.29) is 5.75 Å². The lowest BCUT2D eigenvalue weighted by Gasteiger charge is -2.06. The Morgan fingerprint density at radius 3 is 2.60 bits per heavy atom. The summed E-state index contributed by atoms with van der Waals surface area (Å²) in [4.78, 5) is 8.38. The molecule has 0 spiro atoms. The topological polar surface area (TPSA) is 35.0 Å². The van der Waals surface area contributed by atoms with E-state index in [0.717, 1.165) is 11.1 Å². The lowest BCUT2D eigenvalue weighted by Crippen LogP contribution is -1.95. The van der Waals surface area contributed by atoms with Crippen molar-refractivity contribution in [1.82, 2.24) is 9.97 Å². The Morgan fingerprint density at radius 2 is 1.93 bits per heavy atom. The summed E-state index contributed by atoms with van der Waals surface area (Å²) in [5.41, 5.74) is 1.44. The molecular formula is C11H11FN2O. The summed E-state index contributed by atoms with van der Waals surface area (Å²) in [5.74, 6) is 0.463. The predicted molar refractivity (Wildman–Crippen MR) is 55.5 cm³/mol. The van der Waals surface area contributed by atoms with E-state index in [1.54, 1.807) is 13.0 Å². The second-order valence-corrected chi connectivity index (χ2v) is 3.36. The molecule has 0 saturated heterocycles. The number of hydrogen-bond donors (Lipinski definition) is 0. The number of fused-ring (bicyclic) bond motifs is 1. The molecule has 1 aromatic carbocycles. The average Bonchev–Trinajstić information content (AvgIpc) is 2.16. The van der Waals surface area contributed by atoms with Crippen molar-refractivity contribution in [1.29, 1.82) is 0 Å². The van der Waals surface area contributed by atoms with E-state index >= 15 is 0 Å². The van der Waals surface area contributed by atoms with Crippen molar-refractivity contribution in [3.8, 4) is 5.75 Å². The van der Waals surface area contributed by atoms with Crippen LogP contribution >= 0.6 is 0 Å². The van der Waals surface area contributed by atoms with Crippen molar-refractivity contribution in [2.45, 2.75) is 13.8 Å². The van der Waals surface area contributed by atoms with Crippen LogP contribution in [0.5, 0.6) is 5.75 Å². The zero-order valence-electron chi connectivity index (χ0n) is 8.84. The molecule has 0 aliphatic rings. The highest BCUT2D eigenvalue weighted by molar-refractivity contribution is 5.82. The van der Waals surface area contributed by atoms with Crippen molar-refractivity contribution >= 4 is 10.9 Å². The maximum atomic E-state index is 13.4. The summed E-state index contributed by atoms with van der Waals surface area (Å²) < 4.78 is 18.3. The van der Waals surface area contributed by atoms with Gasteiger partial charge < -0.3 is 4.74 Å². The Morgan fingerprint density at radius 1 is 1.20 bits per heavy atom. The minimum absolute atomic E-state index is 0.220. The fourth-order valence-corrected chi connectivity index (χ4v) is 1.58. The molecule has 0 amide bonds. The largest absolute Gasteiger partial charge is 0.494 e. The van der Waals surface area contributed by atoms with E-state index < -0.39 is 5.82 Å². The van der Waals surface area contributed by atoms with E-state index in [1.807, 2.05) is 6.92 Å². The summed E-state index contributed by atoms with van der Waals surface area (Å²) >= 11 is 0. The number of nitrogens with zero attached hydrogens (tertiary/aromatic N) is 2. The summed E-state index contributed by atoms with van der Waals surface area (Å²) in [6, 6.07) is 3.00. The lowest BCUT2D eigenvalue weighted by atomic mass is 10.2. The Balaban J connectivity index is 2.81. The number of benzene rings is 1. The molecule has 1 heterocycles. The van der Waals surface area contributed by atoms with Gasteiger partial charge in [0.05, 0.1) is 12.6 Å². The van der Waals surface area contributed by atoms with Crippen LogP contribution < -0.4 is 4.74 Å². The van der Waals surface area contributed by atoms with Gasteiger partial charge in [0.15, 0.2) is 11.6 Å². The van der Waals surface area contributed by atoms with E-state index in [1.165, 1.54) is 13.2 Å². The van der Waals surface area contributed by atoms with Crippen LogP contribution in [0.25, 0.3) is 10.9 Å². The maximum absolute atomic E-state index is 13.4. The Hall–Kier alpha value is -1.71. The van der Waals surface area contributed by atoms with Gasteiger partial charge in [-0.2, -0.15) is 0 Å². The monoisotopic (exact) mass is 206 g/mol. The van der Waals surface area contributed by atoms with Gasteiger partial charge in [-0.1, -0.05) is 0 Å². The van der Waals surface area contributed by atoms with E-state index in [0.29, 0.717) is 11.3 Å². The third-order valence-electron chi connectivity index (χ3n) is 2.27. The van der Waals surface area contributed by atoms with Gasteiger partial charge in [-0.25, -0.2) is 14.4 Å². The number of aryl methyl sites for hydroxylation is 2. The zero-order chi connectivity index (χ0) is 11.0. The Kier molecular flexibility index (Phi) is 2.26. The highest BCUT2D eigenvalue weighted by Crippen LogP contribution is 2.24. The van der Waals surface area contributed by atoms with Crippen LogP contribution in [0.3, 0.4) is 0 Å². The molecule has 15 heavy (non-hydrogen) atoms. The molecule has 0 aliphatic carbocycles. The fraction of sp³-hybridized carbons (Fsp3) is 0.273. The number of hydrogen-bond acceptors (Lipinski definition) is 3. The number of rotatable bonds is 1. The molecule has 1 aromatic heterocycles. The Labute approximate surface area is 86.9 Å². The quantitative estimate of drug-likeness (QED) is 0.718. The molecular weight excluding hydrogens is 195 g/mol. The summed E-state index contributed by atoms with van der Waals surface area (Å²) in [7, 11) is 1.44. The van der Waals surface area contributed by atoms with Gasteiger partial charge in [0.1, 0.15) is 5.82 Å². The second-order valence-electron chi connectivity index (χ2n) is 3.36. The normalized spacial score (nSPS) is 10.7. The smallest absolute Gasteiger partial charge is 0.167 e. The molecule has 3 nitrogen and oxygen atoms in total. The van der Waals surface area contributed by atoms with Gasteiger partial charge >= 0.3 is 0 Å². The highest BCUT2D eigenvalue weighted by Gasteiger charge is 2.08. The van der Waals surface area contributed by atoms with Crippen LogP contribution in [-0.2, 0) is 0 Å². The molecule has 0 aliphatic heterocycles. The second kappa shape index (κ2) is 3.46. The van der Waals surface area contributed by atoms with Gasteiger partial charge in [0, 0.05) is 17.1 Å². The Bertz CT molecular complexity index is 525. The van der Waals surface area contributed by atoms with Crippen molar-refractivity contribution in [3.05, 3.63) is 29.5 Å². The maximum Gasteiger partial charge on any atom is 0.167 e. The van der Waals surface area contributed by atoms with Crippen LogP contribution in [0, 0.1) is 19.7 Å². The summed E-state index contributed by atoms with van der Waals surface area (Å²) in [6.07, 6.45) is 0. The van der Waals surface area contributed by atoms with Crippen molar-refractivity contribution < 1.29 is 9.13 Å². The molecule has 0 atom stereocenters. The van der Waals surface area contributed by atoms with Crippen LogP contribution in [0.1, 0.15) is 11.5 Å². The summed E-state index contributed by atoms with van der Waals surface area (Å²) in [6.45, 7) is 3.66. The SMILES string of the molecule is COc1cc2c(C)nc(C)nc2cc1F. The average molecular weight is 206 g/mol. The third-order valence-corrected chi connectivity index (χ3v) is 2.27. The molecule has 78 valence electrons. The molecule has 0 N–H and O–H groups in total. The molecule has 4 heteroatoms. The fourth-order valence-electron chi connectivity index (χ4n) is 1.58. The summed E-state index contributed by atoms with van der Waals surface area (Å²) in [5, 5.41) is 0.818. The molecule has 0 radical (unpaired) electrons. The minimum atomic E-state index is -0.400. The van der Waals surface area contributed by atoms with Gasteiger partial charge in [0.25, 0.3) is 0 Å². The number of halogens is 1. The number of aromatic nitrogens is 2. The van der Waals surface area contributed by atoms with E-state index in [2.05, 4.69) is 9.97 Å². The number of ether oxygens (including phenoxy) is 1. The standard InChI is InChI=1S/C11H11FN2O/c1-6-8-4-11(15-3)9(12)5-10(8)14-7(2)13-6/h4-5H,1-3H3. The first kappa shape index (κ1) is 9.83. The minimum Gasteiger partial charge on any atom is -0.494 e. The van der Waals surface area contributed by atoms with Gasteiger partial charge in [-0.05, 0) is 19.9 Å². The molecule has 0 saturated carbocycles. The first-order chi connectivity index (χ1) is 7.11. The number of methoxy groups -OCH3 is 1. The van der Waals surface area contributed by atoms with Crippen LogP contribution in [0.2, 0.25) is 0 Å². The molecule has 0 unspecified atom stereocenters. The van der Waals surface area contributed by atoms with Crippen molar-refractivity contribution in [2.24, 2.45) is 0 Å². The van der Waals surface area contributed by atoms with Crippen LogP contribution in [0.15, 0.2) is 12.1 Å². The van der Waals surface area contributed by atoms with Crippen LogP contribution in [-0.4, -0.2) is 17.1 Å². The highest BCUT2D eigenvalue weighted by atomic mass is 19.1.